The van der Waals surface area contributed by atoms with Gasteiger partial charge in [-0.1, -0.05) is 11.3 Å². The minimum atomic E-state index is -0.459. The van der Waals surface area contributed by atoms with Crippen LogP contribution in [0.4, 0.5) is 5.13 Å². The van der Waals surface area contributed by atoms with Crippen molar-refractivity contribution in [3.8, 4) is 0 Å². The van der Waals surface area contributed by atoms with Crippen LogP contribution in [0, 0.1) is 5.92 Å². The number of hydrogen-bond donors (Lipinski definition) is 1. The zero-order chi connectivity index (χ0) is 12.4. The van der Waals surface area contributed by atoms with Gasteiger partial charge < -0.3 is 9.84 Å². The van der Waals surface area contributed by atoms with Crippen LogP contribution in [0.15, 0.2) is 6.20 Å². The molecule has 6 nitrogen and oxygen atoms in total. The number of aliphatic hydroxyl groups is 1. The van der Waals surface area contributed by atoms with Crippen LogP contribution in [-0.4, -0.2) is 42.2 Å². The molecule has 0 spiro atoms. The Hall–Kier alpha value is -1.47. The van der Waals surface area contributed by atoms with Gasteiger partial charge in [-0.25, -0.2) is 9.78 Å². The lowest BCUT2D eigenvalue weighted by molar-refractivity contribution is -0.117. The van der Waals surface area contributed by atoms with Crippen molar-refractivity contribution in [2.45, 2.75) is 6.42 Å². The fourth-order valence-electron chi connectivity index (χ4n) is 1.67. The molecule has 7 heteroatoms. The quantitative estimate of drug-likeness (QED) is 0.785. The minimum Gasteiger partial charge on any atom is -0.465 e. The maximum absolute atomic E-state index is 11.7. The lowest BCUT2D eigenvalue weighted by Gasteiger charge is -2.11. The highest BCUT2D eigenvalue weighted by Crippen LogP contribution is 2.28. The molecule has 1 aromatic heterocycles. The molecule has 2 heterocycles. The van der Waals surface area contributed by atoms with Gasteiger partial charge in [0, 0.05) is 25.5 Å². The highest BCUT2D eigenvalue weighted by molar-refractivity contribution is 7.17. The second-order valence-electron chi connectivity index (χ2n) is 3.76. The van der Waals surface area contributed by atoms with Gasteiger partial charge in [0.2, 0.25) is 5.91 Å². The fourth-order valence-corrected chi connectivity index (χ4v) is 2.53. The number of methoxy groups -OCH3 is 1. The van der Waals surface area contributed by atoms with Gasteiger partial charge in [0.25, 0.3) is 0 Å². The van der Waals surface area contributed by atoms with E-state index >= 15 is 0 Å². The van der Waals surface area contributed by atoms with E-state index in [1.54, 1.807) is 0 Å². The van der Waals surface area contributed by atoms with Gasteiger partial charge in [0.1, 0.15) is 4.88 Å². The molecule has 1 atom stereocenters. The van der Waals surface area contributed by atoms with E-state index in [9.17, 15) is 9.59 Å². The summed E-state index contributed by atoms with van der Waals surface area (Å²) in [6.45, 7) is 0.431. The molecule has 0 aliphatic carbocycles. The highest BCUT2D eigenvalue weighted by Gasteiger charge is 2.32. The molecule has 92 valence electrons. The van der Waals surface area contributed by atoms with Gasteiger partial charge in [-0.3, -0.25) is 9.69 Å². The normalized spacial score (nSPS) is 19.8. The summed E-state index contributed by atoms with van der Waals surface area (Å²) in [6.07, 6.45) is 1.72. The average Bonchev–Trinajstić information content (AvgIpc) is 2.94. The summed E-state index contributed by atoms with van der Waals surface area (Å²) in [5, 5.41) is 9.49. The Morgan fingerprint density at radius 2 is 2.53 bits per heavy atom. The number of anilines is 1. The van der Waals surface area contributed by atoms with Crippen molar-refractivity contribution in [3.05, 3.63) is 11.1 Å². The first-order chi connectivity index (χ1) is 8.15. The number of esters is 1. The number of aliphatic hydroxyl groups excluding tert-OH is 1. The third-order valence-corrected chi connectivity index (χ3v) is 3.57. The van der Waals surface area contributed by atoms with Gasteiger partial charge in [-0.15, -0.1) is 0 Å². The maximum atomic E-state index is 11.7. The number of carbonyl (C=O) groups is 2. The molecule has 1 N–H and O–H groups in total. The molecule has 1 aliphatic rings. The zero-order valence-corrected chi connectivity index (χ0v) is 10.1. The summed E-state index contributed by atoms with van der Waals surface area (Å²) in [5.74, 6) is -0.582. The molecule has 1 unspecified atom stereocenters. The van der Waals surface area contributed by atoms with E-state index in [1.165, 1.54) is 18.2 Å². The number of amides is 1. The lowest BCUT2D eigenvalue weighted by atomic mass is 10.1. The van der Waals surface area contributed by atoms with Gasteiger partial charge >= 0.3 is 5.97 Å². The SMILES string of the molecule is COC(=O)c1cnc(N2CC(CO)CC2=O)s1. The molecule has 0 saturated carbocycles. The monoisotopic (exact) mass is 256 g/mol. The van der Waals surface area contributed by atoms with Crippen molar-refractivity contribution < 1.29 is 19.4 Å². The first kappa shape index (κ1) is 12.0. The van der Waals surface area contributed by atoms with Crippen LogP contribution in [-0.2, 0) is 9.53 Å². The van der Waals surface area contributed by atoms with Crippen molar-refractivity contribution in [2.75, 3.05) is 25.2 Å². The number of nitrogens with zero attached hydrogens (tertiary/aromatic N) is 2. The summed E-state index contributed by atoms with van der Waals surface area (Å²) in [6, 6.07) is 0. The first-order valence-corrected chi connectivity index (χ1v) is 5.92. The Morgan fingerprint density at radius 1 is 1.76 bits per heavy atom. The average molecular weight is 256 g/mol. The van der Waals surface area contributed by atoms with Crippen molar-refractivity contribution in [3.63, 3.8) is 0 Å². The van der Waals surface area contributed by atoms with Crippen LogP contribution < -0.4 is 4.90 Å². The van der Waals surface area contributed by atoms with Crippen LogP contribution >= 0.6 is 11.3 Å². The largest absolute Gasteiger partial charge is 0.465 e. The number of hydrogen-bond acceptors (Lipinski definition) is 6. The molecule has 17 heavy (non-hydrogen) atoms. The topological polar surface area (TPSA) is 79.7 Å². The standard InChI is InChI=1S/C10H12N2O4S/c1-16-9(15)7-3-11-10(17-7)12-4-6(5-13)2-8(12)14/h3,6,13H,2,4-5H2,1H3. The van der Waals surface area contributed by atoms with E-state index in [0.29, 0.717) is 23.0 Å². The molecule has 1 fully saturated rings. The predicted octanol–water partition coefficient (Wildman–Crippen LogP) is 0.275. The number of rotatable bonds is 3. The van der Waals surface area contributed by atoms with Crippen molar-refractivity contribution in [2.24, 2.45) is 5.92 Å². The number of carbonyl (C=O) groups excluding carboxylic acids is 2. The third-order valence-electron chi connectivity index (χ3n) is 2.57. The van der Waals surface area contributed by atoms with Crippen molar-refractivity contribution >= 4 is 28.3 Å². The maximum Gasteiger partial charge on any atom is 0.349 e. The number of aromatic nitrogens is 1. The second kappa shape index (κ2) is 4.80. The van der Waals surface area contributed by atoms with E-state index in [4.69, 9.17) is 5.11 Å². The molecule has 0 radical (unpaired) electrons. The van der Waals surface area contributed by atoms with E-state index in [-0.39, 0.29) is 18.4 Å². The van der Waals surface area contributed by atoms with E-state index in [2.05, 4.69) is 9.72 Å². The smallest absolute Gasteiger partial charge is 0.349 e. The minimum absolute atomic E-state index is 0.0164. The van der Waals surface area contributed by atoms with Gasteiger partial charge in [-0.05, 0) is 0 Å². The first-order valence-electron chi connectivity index (χ1n) is 5.11. The number of ether oxygens (including phenoxy) is 1. The molecule has 1 saturated heterocycles. The highest BCUT2D eigenvalue weighted by atomic mass is 32.1. The molecule has 2 rings (SSSR count). The van der Waals surface area contributed by atoms with Gasteiger partial charge in [-0.2, -0.15) is 0 Å². The van der Waals surface area contributed by atoms with E-state index in [1.807, 2.05) is 0 Å². The zero-order valence-electron chi connectivity index (χ0n) is 9.25. The Bertz CT molecular complexity index is 445. The van der Waals surface area contributed by atoms with Crippen LogP contribution in [0.5, 0.6) is 0 Å². The summed E-state index contributed by atoms with van der Waals surface area (Å²) < 4.78 is 4.57. The summed E-state index contributed by atoms with van der Waals surface area (Å²) >= 11 is 1.12. The van der Waals surface area contributed by atoms with Crippen molar-refractivity contribution in [1.29, 1.82) is 0 Å². The molecule has 1 aromatic rings. The third kappa shape index (κ3) is 2.29. The number of thiazole rings is 1. The fraction of sp³-hybridized carbons (Fsp3) is 0.500. The van der Waals surface area contributed by atoms with Crippen LogP contribution in [0.2, 0.25) is 0 Å². The Labute approximate surface area is 102 Å². The van der Waals surface area contributed by atoms with E-state index < -0.39 is 5.97 Å². The summed E-state index contributed by atoms with van der Waals surface area (Å²) in [4.78, 5) is 28.8. The van der Waals surface area contributed by atoms with E-state index in [0.717, 1.165) is 11.3 Å². The summed E-state index contributed by atoms with van der Waals surface area (Å²) in [7, 11) is 1.30. The molecular weight excluding hydrogens is 244 g/mol. The molecule has 0 bridgehead atoms. The lowest BCUT2D eigenvalue weighted by Crippen LogP contribution is -2.24. The Kier molecular flexibility index (Phi) is 3.39. The molecular formula is C10H12N2O4S. The molecule has 1 aliphatic heterocycles. The predicted molar refractivity (Wildman–Crippen MR) is 61.0 cm³/mol. The molecule has 1 amide bonds. The van der Waals surface area contributed by atoms with Crippen LogP contribution in [0.25, 0.3) is 0 Å². The summed E-state index contributed by atoms with van der Waals surface area (Å²) in [5.41, 5.74) is 0. The van der Waals surface area contributed by atoms with Crippen LogP contribution in [0.1, 0.15) is 16.1 Å². The Balaban J connectivity index is 2.15. The van der Waals surface area contributed by atoms with Gasteiger partial charge in [0.15, 0.2) is 5.13 Å². The Morgan fingerprint density at radius 3 is 3.12 bits per heavy atom. The van der Waals surface area contributed by atoms with Gasteiger partial charge in [0.05, 0.1) is 13.3 Å². The second-order valence-corrected chi connectivity index (χ2v) is 4.76. The van der Waals surface area contributed by atoms with Crippen LogP contribution in [0.3, 0.4) is 0 Å². The molecule has 0 aromatic carbocycles. The van der Waals surface area contributed by atoms with Crippen molar-refractivity contribution in [1.82, 2.24) is 4.98 Å².